The van der Waals surface area contributed by atoms with Crippen LogP contribution in [-0.2, 0) is 0 Å². The summed E-state index contributed by atoms with van der Waals surface area (Å²) in [6.45, 7) is 2.98. The van der Waals surface area contributed by atoms with Gasteiger partial charge >= 0.3 is 0 Å². The van der Waals surface area contributed by atoms with E-state index in [0.29, 0.717) is 0 Å². The highest BCUT2D eigenvalue weighted by Crippen LogP contribution is 2.35. The van der Waals surface area contributed by atoms with Gasteiger partial charge in [0, 0.05) is 40.6 Å². The Morgan fingerprint density at radius 3 is 2.82 bits per heavy atom. The number of rotatable bonds is 2. The van der Waals surface area contributed by atoms with Crippen molar-refractivity contribution in [3.63, 3.8) is 0 Å². The maximum atomic E-state index is 5.96. The van der Waals surface area contributed by atoms with Crippen molar-refractivity contribution in [1.82, 2.24) is 15.2 Å². The van der Waals surface area contributed by atoms with Gasteiger partial charge in [0.15, 0.2) is 0 Å². The fraction of sp³-hybridized carbons (Fsp3) is 0.294. The van der Waals surface area contributed by atoms with Crippen molar-refractivity contribution in [2.75, 3.05) is 26.7 Å². The van der Waals surface area contributed by atoms with Crippen LogP contribution in [0.25, 0.3) is 20.7 Å². The van der Waals surface area contributed by atoms with E-state index >= 15 is 0 Å². The zero-order valence-corrected chi connectivity index (χ0v) is 13.9. The predicted molar refractivity (Wildman–Crippen MR) is 93.9 cm³/mol. The lowest BCUT2D eigenvalue weighted by atomic mass is 10.1. The van der Waals surface area contributed by atoms with Gasteiger partial charge in [0.1, 0.15) is 4.83 Å². The first-order chi connectivity index (χ1) is 10.7. The predicted octanol–water partition coefficient (Wildman–Crippen LogP) is 4.14. The standard InChI is InChI=1S/C17H17ClN3S/c1-21-7-6-19-15(10-21)14-8-12-9-16(22-17(12)20-14)11-2-4-13(18)5-3-11/h2-5,8-9,15,20H,6-7,10H2,1H3. The Kier molecular flexibility index (Phi) is 3.70. The summed E-state index contributed by atoms with van der Waals surface area (Å²) in [6, 6.07) is 12.8. The van der Waals surface area contributed by atoms with Gasteiger partial charge in [-0.2, -0.15) is 0 Å². The third-order valence-electron chi connectivity index (χ3n) is 4.13. The summed E-state index contributed by atoms with van der Waals surface area (Å²) >= 11 is 7.75. The fourth-order valence-electron chi connectivity index (χ4n) is 2.91. The summed E-state index contributed by atoms with van der Waals surface area (Å²) in [5.74, 6) is 0. The molecule has 1 fully saturated rings. The molecule has 0 spiro atoms. The molecule has 1 N–H and O–H groups in total. The Hall–Kier alpha value is -1.33. The van der Waals surface area contributed by atoms with Gasteiger partial charge in [-0.25, -0.2) is 5.32 Å². The number of aromatic amines is 1. The highest BCUT2D eigenvalue weighted by Gasteiger charge is 2.21. The summed E-state index contributed by atoms with van der Waals surface area (Å²) in [7, 11) is 2.16. The monoisotopic (exact) mass is 330 g/mol. The molecule has 0 amide bonds. The molecule has 1 unspecified atom stereocenters. The van der Waals surface area contributed by atoms with Gasteiger partial charge < -0.3 is 9.88 Å². The number of benzene rings is 1. The van der Waals surface area contributed by atoms with Crippen molar-refractivity contribution in [2.45, 2.75) is 6.04 Å². The molecule has 0 saturated carbocycles. The van der Waals surface area contributed by atoms with Crippen LogP contribution in [0.5, 0.6) is 0 Å². The second-order valence-electron chi connectivity index (χ2n) is 5.81. The van der Waals surface area contributed by atoms with Crippen molar-refractivity contribution in [3.8, 4) is 10.4 Å². The minimum absolute atomic E-state index is 0.275. The molecule has 1 atom stereocenters. The molecular weight excluding hydrogens is 314 g/mol. The Labute approximate surface area is 138 Å². The zero-order chi connectivity index (χ0) is 15.1. The second kappa shape index (κ2) is 5.70. The number of fused-ring (bicyclic) bond motifs is 1. The van der Waals surface area contributed by atoms with E-state index in [1.807, 2.05) is 12.1 Å². The summed E-state index contributed by atoms with van der Waals surface area (Å²) in [6.07, 6.45) is 0. The van der Waals surface area contributed by atoms with E-state index in [1.54, 1.807) is 11.3 Å². The third-order valence-corrected chi connectivity index (χ3v) is 5.50. The topological polar surface area (TPSA) is 33.1 Å². The summed E-state index contributed by atoms with van der Waals surface area (Å²) < 4.78 is 0. The first kappa shape index (κ1) is 14.3. The minimum atomic E-state index is 0.275. The number of aromatic nitrogens is 1. The molecule has 22 heavy (non-hydrogen) atoms. The van der Waals surface area contributed by atoms with Gasteiger partial charge in [0.2, 0.25) is 0 Å². The molecule has 3 nitrogen and oxygen atoms in total. The molecule has 1 aromatic carbocycles. The number of hydrogen-bond acceptors (Lipinski definition) is 2. The Balaban J connectivity index is 1.63. The molecule has 5 heteroatoms. The van der Waals surface area contributed by atoms with Gasteiger partial charge in [-0.1, -0.05) is 23.7 Å². The van der Waals surface area contributed by atoms with Gasteiger partial charge in [-0.15, -0.1) is 11.3 Å². The molecule has 2 aromatic heterocycles. The number of thiophene rings is 1. The van der Waals surface area contributed by atoms with Gasteiger partial charge in [0.05, 0.1) is 6.04 Å². The van der Waals surface area contributed by atoms with E-state index in [4.69, 9.17) is 16.9 Å². The van der Waals surface area contributed by atoms with Gasteiger partial charge in [-0.05, 0) is 36.9 Å². The number of piperazine rings is 1. The maximum absolute atomic E-state index is 5.96. The Morgan fingerprint density at radius 2 is 2.09 bits per heavy atom. The van der Waals surface area contributed by atoms with Crippen LogP contribution in [0.15, 0.2) is 36.4 Å². The quantitative estimate of drug-likeness (QED) is 0.752. The van der Waals surface area contributed by atoms with Crippen LogP contribution in [0, 0.1) is 0 Å². The van der Waals surface area contributed by atoms with Gasteiger partial charge in [-0.3, -0.25) is 0 Å². The molecule has 4 rings (SSSR count). The summed E-state index contributed by atoms with van der Waals surface area (Å²) in [5, 5.41) is 6.78. The van der Waals surface area contributed by atoms with E-state index in [-0.39, 0.29) is 6.04 Å². The van der Waals surface area contributed by atoms with E-state index < -0.39 is 0 Å². The van der Waals surface area contributed by atoms with E-state index in [9.17, 15) is 0 Å². The second-order valence-corrected chi connectivity index (χ2v) is 7.30. The van der Waals surface area contributed by atoms with Crippen molar-refractivity contribution >= 4 is 33.2 Å². The van der Waals surface area contributed by atoms with Crippen LogP contribution < -0.4 is 5.32 Å². The summed E-state index contributed by atoms with van der Waals surface area (Å²) in [4.78, 5) is 8.39. The molecular formula is C17H17ClN3S. The minimum Gasteiger partial charge on any atom is -0.349 e. The molecule has 0 bridgehead atoms. The SMILES string of the molecule is CN1CC[N]C(c2cc3cc(-c4ccc(Cl)cc4)sc3[nH]2)C1. The number of nitrogens with one attached hydrogen (secondary N) is 1. The lowest BCUT2D eigenvalue weighted by molar-refractivity contribution is 0.234. The van der Waals surface area contributed by atoms with Crippen LogP contribution in [0.3, 0.4) is 0 Å². The smallest absolute Gasteiger partial charge is 0.100 e. The highest BCUT2D eigenvalue weighted by molar-refractivity contribution is 7.21. The Morgan fingerprint density at radius 1 is 1.27 bits per heavy atom. The van der Waals surface area contributed by atoms with Gasteiger partial charge in [0.25, 0.3) is 0 Å². The van der Waals surface area contributed by atoms with Crippen molar-refractivity contribution in [2.24, 2.45) is 0 Å². The van der Waals surface area contributed by atoms with E-state index in [1.165, 1.54) is 26.4 Å². The maximum Gasteiger partial charge on any atom is 0.100 e. The van der Waals surface area contributed by atoms with Crippen molar-refractivity contribution in [1.29, 1.82) is 0 Å². The lowest BCUT2D eigenvalue weighted by Gasteiger charge is -2.28. The molecule has 3 aromatic rings. The first-order valence-corrected chi connectivity index (χ1v) is 8.62. The molecule has 1 aliphatic heterocycles. The van der Waals surface area contributed by atoms with E-state index in [0.717, 1.165) is 24.7 Å². The molecule has 3 heterocycles. The molecule has 1 radical (unpaired) electrons. The number of halogens is 1. The van der Waals surface area contributed by atoms with Crippen molar-refractivity contribution < 1.29 is 0 Å². The Bertz CT molecular complexity index is 758. The van der Waals surface area contributed by atoms with Crippen LogP contribution in [0.1, 0.15) is 11.7 Å². The van der Waals surface area contributed by atoms with E-state index in [2.05, 4.69) is 41.2 Å². The number of nitrogens with zero attached hydrogens (tertiary/aromatic N) is 2. The normalized spacial score (nSPS) is 19.8. The number of hydrogen-bond donors (Lipinski definition) is 1. The zero-order valence-electron chi connectivity index (χ0n) is 12.3. The molecule has 0 aliphatic carbocycles. The fourth-order valence-corrected chi connectivity index (χ4v) is 4.10. The molecule has 1 aliphatic rings. The number of H-pyrrole nitrogens is 1. The van der Waals surface area contributed by atoms with Crippen LogP contribution in [-0.4, -0.2) is 36.6 Å². The first-order valence-electron chi connectivity index (χ1n) is 7.42. The molecule has 113 valence electrons. The van der Waals surface area contributed by atoms with Crippen LogP contribution >= 0.6 is 22.9 Å². The summed E-state index contributed by atoms with van der Waals surface area (Å²) in [5.41, 5.74) is 2.44. The average molecular weight is 331 g/mol. The average Bonchev–Trinajstić information content (AvgIpc) is 3.06. The van der Waals surface area contributed by atoms with Crippen LogP contribution in [0.2, 0.25) is 5.02 Å². The number of likely N-dealkylation sites (N-methyl/N-ethyl adjacent to an activating group) is 1. The largest absolute Gasteiger partial charge is 0.349 e. The van der Waals surface area contributed by atoms with Crippen molar-refractivity contribution in [3.05, 3.63) is 47.1 Å². The molecule has 1 saturated heterocycles. The lowest BCUT2D eigenvalue weighted by Crippen LogP contribution is -2.40. The van der Waals surface area contributed by atoms with Crippen LogP contribution in [0.4, 0.5) is 0 Å². The highest BCUT2D eigenvalue weighted by atomic mass is 35.5. The third kappa shape index (κ3) is 2.68.